The lowest BCUT2D eigenvalue weighted by molar-refractivity contribution is -0.131. The molecule has 2 amide bonds. The number of hydrogen-bond donors (Lipinski definition) is 1. The molecule has 4 nitrogen and oxygen atoms in total. The molecule has 1 aromatic heterocycles. The Balaban J connectivity index is 1.68. The van der Waals surface area contributed by atoms with Crippen LogP contribution in [-0.2, 0) is 4.79 Å². The van der Waals surface area contributed by atoms with Crippen molar-refractivity contribution >= 4 is 23.2 Å². The van der Waals surface area contributed by atoms with Gasteiger partial charge in [-0.15, -0.1) is 11.3 Å². The van der Waals surface area contributed by atoms with Crippen molar-refractivity contribution in [2.45, 2.75) is 19.4 Å². The fourth-order valence-electron chi connectivity index (χ4n) is 3.11. The summed E-state index contributed by atoms with van der Waals surface area (Å²) >= 11 is 1.33. The van der Waals surface area contributed by atoms with Gasteiger partial charge in [-0.05, 0) is 29.9 Å². The summed E-state index contributed by atoms with van der Waals surface area (Å²) in [4.78, 5) is 26.8. The number of thiophene rings is 1. The average molecular weight is 346 g/mol. The molecule has 0 saturated carbocycles. The van der Waals surface area contributed by atoms with Crippen molar-refractivity contribution in [3.05, 3.63) is 58.0 Å². The summed E-state index contributed by atoms with van der Waals surface area (Å²) in [6, 6.07) is 9.80. The first kappa shape index (κ1) is 16.6. The zero-order chi connectivity index (χ0) is 17.1. The van der Waals surface area contributed by atoms with Crippen LogP contribution in [0.25, 0.3) is 0 Å². The first-order valence-corrected chi connectivity index (χ1v) is 8.80. The molecular formula is C18H19FN2O2S. The van der Waals surface area contributed by atoms with Gasteiger partial charge in [0.1, 0.15) is 5.82 Å². The van der Waals surface area contributed by atoms with E-state index in [1.54, 1.807) is 35.2 Å². The van der Waals surface area contributed by atoms with E-state index in [1.165, 1.54) is 17.4 Å². The molecule has 0 aliphatic carbocycles. The summed E-state index contributed by atoms with van der Waals surface area (Å²) in [7, 11) is 0. The lowest BCUT2D eigenvalue weighted by Gasteiger charge is -2.25. The van der Waals surface area contributed by atoms with Gasteiger partial charge in [-0.3, -0.25) is 9.59 Å². The number of nitrogens with zero attached hydrogens (tertiary/aromatic N) is 1. The Hall–Kier alpha value is -2.21. The van der Waals surface area contributed by atoms with Gasteiger partial charge in [0.05, 0.1) is 17.5 Å². The standard InChI is InChI=1S/C18H19FN2O2S/c1-12-9-15(13-5-2-3-6-14(13)19)21(11-12)17(22)10-20-18(23)16-7-4-8-24-16/h2-8,12,15H,9-11H2,1H3,(H,20,23)/t12-,15-/m1/s1. The van der Waals surface area contributed by atoms with Crippen molar-refractivity contribution in [1.82, 2.24) is 10.2 Å². The monoisotopic (exact) mass is 346 g/mol. The maximum absolute atomic E-state index is 14.1. The van der Waals surface area contributed by atoms with Crippen molar-refractivity contribution in [2.75, 3.05) is 13.1 Å². The molecule has 1 aliphatic heterocycles. The summed E-state index contributed by atoms with van der Waals surface area (Å²) in [5, 5.41) is 4.46. The van der Waals surface area contributed by atoms with Gasteiger partial charge in [0, 0.05) is 12.1 Å². The van der Waals surface area contributed by atoms with Crippen LogP contribution in [0.2, 0.25) is 0 Å². The number of hydrogen-bond acceptors (Lipinski definition) is 3. The summed E-state index contributed by atoms with van der Waals surface area (Å²) in [5.41, 5.74) is 0.541. The molecule has 24 heavy (non-hydrogen) atoms. The van der Waals surface area contributed by atoms with Crippen LogP contribution in [-0.4, -0.2) is 29.8 Å². The number of rotatable bonds is 4. The molecule has 1 fully saturated rings. The van der Waals surface area contributed by atoms with Crippen LogP contribution in [0.5, 0.6) is 0 Å². The zero-order valence-electron chi connectivity index (χ0n) is 13.4. The maximum Gasteiger partial charge on any atom is 0.261 e. The first-order valence-electron chi connectivity index (χ1n) is 7.92. The molecule has 2 aromatic rings. The molecule has 2 heterocycles. The number of carbonyl (C=O) groups is 2. The molecule has 3 rings (SSSR count). The van der Waals surface area contributed by atoms with E-state index in [9.17, 15) is 14.0 Å². The molecule has 1 aromatic carbocycles. The van der Waals surface area contributed by atoms with Crippen LogP contribution in [0.1, 0.15) is 34.6 Å². The van der Waals surface area contributed by atoms with E-state index in [-0.39, 0.29) is 30.2 Å². The van der Waals surface area contributed by atoms with E-state index in [4.69, 9.17) is 0 Å². The minimum atomic E-state index is -0.294. The second-order valence-corrected chi connectivity index (χ2v) is 7.03. The van der Waals surface area contributed by atoms with Gasteiger partial charge in [-0.25, -0.2) is 4.39 Å². The Morgan fingerprint density at radius 2 is 2.08 bits per heavy atom. The van der Waals surface area contributed by atoms with E-state index in [0.29, 0.717) is 22.9 Å². The number of nitrogens with one attached hydrogen (secondary N) is 1. The number of amides is 2. The fraction of sp³-hybridized carbons (Fsp3) is 0.333. The fourth-order valence-corrected chi connectivity index (χ4v) is 3.75. The Morgan fingerprint density at radius 1 is 1.29 bits per heavy atom. The molecule has 0 unspecified atom stereocenters. The third-order valence-corrected chi connectivity index (χ3v) is 5.11. The molecule has 1 saturated heterocycles. The summed E-state index contributed by atoms with van der Waals surface area (Å²) < 4.78 is 14.1. The van der Waals surface area contributed by atoms with Crippen molar-refractivity contribution in [3.63, 3.8) is 0 Å². The molecular weight excluding hydrogens is 327 g/mol. The van der Waals surface area contributed by atoms with Crippen LogP contribution in [0.4, 0.5) is 4.39 Å². The largest absolute Gasteiger partial charge is 0.342 e. The van der Waals surface area contributed by atoms with Crippen molar-refractivity contribution in [1.29, 1.82) is 0 Å². The van der Waals surface area contributed by atoms with Crippen molar-refractivity contribution < 1.29 is 14.0 Å². The number of likely N-dealkylation sites (tertiary alicyclic amines) is 1. The van der Waals surface area contributed by atoms with Crippen LogP contribution in [0, 0.1) is 11.7 Å². The summed E-state index contributed by atoms with van der Waals surface area (Å²) in [6.45, 7) is 2.55. The Labute approximate surface area is 144 Å². The highest BCUT2D eigenvalue weighted by molar-refractivity contribution is 7.12. The maximum atomic E-state index is 14.1. The molecule has 0 radical (unpaired) electrons. The Kier molecular flexibility index (Phi) is 4.94. The summed E-state index contributed by atoms with van der Waals surface area (Å²) in [5.74, 6) is -0.436. The van der Waals surface area contributed by atoms with Gasteiger partial charge < -0.3 is 10.2 Å². The average Bonchev–Trinajstić information content (AvgIpc) is 3.22. The predicted molar refractivity (Wildman–Crippen MR) is 91.3 cm³/mol. The second kappa shape index (κ2) is 7.13. The van der Waals surface area contributed by atoms with Crippen LogP contribution >= 0.6 is 11.3 Å². The topological polar surface area (TPSA) is 49.4 Å². The number of halogens is 1. The van der Waals surface area contributed by atoms with Crippen LogP contribution < -0.4 is 5.32 Å². The van der Waals surface area contributed by atoms with Gasteiger partial charge in [-0.2, -0.15) is 0 Å². The highest BCUT2D eigenvalue weighted by atomic mass is 32.1. The van der Waals surface area contributed by atoms with Crippen LogP contribution in [0.3, 0.4) is 0 Å². The molecule has 6 heteroatoms. The second-order valence-electron chi connectivity index (χ2n) is 6.08. The van der Waals surface area contributed by atoms with Gasteiger partial charge in [0.15, 0.2) is 0 Å². The SMILES string of the molecule is C[C@@H]1C[C@H](c2ccccc2F)N(C(=O)CNC(=O)c2cccs2)C1. The van der Waals surface area contributed by atoms with Gasteiger partial charge in [0.2, 0.25) is 5.91 Å². The smallest absolute Gasteiger partial charge is 0.261 e. The third-order valence-electron chi connectivity index (χ3n) is 4.24. The molecule has 1 aliphatic rings. The Bertz CT molecular complexity index is 732. The third kappa shape index (κ3) is 3.48. The normalized spacial score (nSPS) is 20.2. The summed E-state index contributed by atoms with van der Waals surface area (Å²) in [6.07, 6.45) is 0.728. The highest BCUT2D eigenvalue weighted by Crippen LogP contribution is 2.36. The quantitative estimate of drug-likeness (QED) is 0.924. The van der Waals surface area contributed by atoms with Gasteiger partial charge in [0.25, 0.3) is 5.91 Å². The molecule has 0 spiro atoms. The minimum absolute atomic E-state index is 0.0750. The van der Waals surface area contributed by atoms with Gasteiger partial charge >= 0.3 is 0 Å². The lowest BCUT2D eigenvalue weighted by atomic mass is 10.0. The van der Waals surface area contributed by atoms with Crippen molar-refractivity contribution in [2.24, 2.45) is 5.92 Å². The van der Waals surface area contributed by atoms with Gasteiger partial charge in [-0.1, -0.05) is 31.2 Å². The van der Waals surface area contributed by atoms with E-state index in [0.717, 1.165) is 6.42 Å². The van der Waals surface area contributed by atoms with Crippen LogP contribution in [0.15, 0.2) is 41.8 Å². The molecule has 126 valence electrons. The number of carbonyl (C=O) groups excluding carboxylic acids is 2. The molecule has 1 N–H and O–H groups in total. The highest BCUT2D eigenvalue weighted by Gasteiger charge is 2.35. The van der Waals surface area contributed by atoms with Crippen molar-refractivity contribution in [3.8, 4) is 0 Å². The lowest BCUT2D eigenvalue weighted by Crippen LogP contribution is -2.40. The van der Waals surface area contributed by atoms with E-state index in [2.05, 4.69) is 5.32 Å². The predicted octanol–water partition coefficient (Wildman–Crippen LogP) is 3.23. The first-order chi connectivity index (χ1) is 11.6. The van der Waals surface area contributed by atoms with E-state index >= 15 is 0 Å². The van der Waals surface area contributed by atoms with E-state index < -0.39 is 0 Å². The Morgan fingerprint density at radius 3 is 2.79 bits per heavy atom. The number of benzene rings is 1. The zero-order valence-corrected chi connectivity index (χ0v) is 14.2. The molecule has 0 bridgehead atoms. The van der Waals surface area contributed by atoms with E-state index in [1.807, 2.05) is 12.3 Å². The minimum Gasteiger partial charge on any atom is -0.342 e. The molecule has 2 atom stereocenters.